The van der Waals surface area contributed by atoms with Crippen LogP contribution in [-0.2, 0) is 4.79 Å². The van der Waals surface area contributed by atoms with E-state index in [2.05, 4.69) is 10.6 Å². The number of rotatable bonds is 4. The van der Waals surface area contributed by atoms with Crippen LogP contribution in [0.2, 0.25) is 5.02 Å². The molecule has 4 nitrogen and oxygen atoms in total. The van der Waals surface area contributed by atoms with Gasteiger partial charge in [0, 0.05) is 10.6 Å². The van der Waals surface area contributed by atoms with Crippen molar-refractivity contribution in [2.45, 2.75) is 26.3 Å². The quantitative estimate of drug-likeness (QED) is 0.884. The molecule has 0 spiro atoms. The van der Waals surface area contributed by atoms with Crippen LogP contribution in [0.1, 0.15) is 20.8 Å². The minimum absolute atomic E-state index is 0.0791. The van der Waals surface area contributed by atoms with Gasteiger partial charge in [-0.3, -0.25) is 4.79 Å². The van der Waals surface area contributed by atoms with Crippen LogP contribution in [0.3, 0.4) is 0 Å². The van der Waals surface area contributed by atoms with Crippen molar-refractivity contribution in [2.24, 2.45) is 0 Å². The number of benzene rings is 1. The minimum Gasteiger partial charge on any atom is -0.495 e. The van der Waals surface area contributed by atoms with Crippen LogP contribution >= 0.6 is 11.6 Å². The summed E-state index contributed by atoms with van der Waals surface area (Å²) in [5.41, 5.74) is 0.464. The van der Waals surface area contributed by atoms with E-state index in [0.717, 1.165) is 0 Å². The normalized spacial score (nSPS) is 10.9. The van der Waals surface area contributed by atoms with Gasteiger partial charge in [-0.2, -0.15) is 0 Å². The first kappa shape index (κ1) is 14.6. The Bertz CT molecular complexity index is 427. The van der Waals surface area contributed by atoms with Gasteiger partial charge in [0.05, 0.1) is 19.3 Å². The SMILES string of the molecule is COc1ccc(Cl)cc1NCC(=O)NC(C)(C)C. The highest BCUT2D eigenvalue weighted by atomic mass is 35.5. The molecular formula is C13H19ClN2O2. The van der Waals surface area contributed by atoms with Gasteiger partial charge in [-0.1, -0.05) is 11.6 Å². The number of hydrogen-bond acceptors (Lipinski definition) is 3. The molecule has 0 bridgehead atoms. The van der Waals surface area contributed by atoms with Gasteiger partial charge < -0.3 is 15.4 Å². The lowest BCUT2D eigenvalue weighted by Crippen LogP contribution is -2.43. The Hall–Kier alpha value is -1.42. The van der Waals surface area contributed by atoms with Crippen molar-refractivity contribution >= 4 is 23.2 Å². The fourth-order valence-corrected chi connectivity index (χ4v) is 1.63. The summed E-state index contributed by atoms with van der Waals surface area (Å²) in [6.07, 6.45) is 0. The molecule has 5 heteroatoms. The third-order valence-corrected chi connectivity index (χ3v) is 2.35. The molecular weight excluding hydrogens is 252 g/mol. The molecule has 100 valence electrons. The standard InChI is InChI=1S/C13H19ClN2O2/c1-13(2,3)16-12(17)8-15-10-7-9(14)5-6-11(10)18-4/h5-7,15H,8H2,1-4H3,(H,16,17). The summed E-state index contributed by atoms with van der Waals surface area (Å²) in [6, 6.07) is 5.22. The largest absolute Gasteiger partial charge is 0.495 e. The molecule has 0 aliphatic carbocycles. The molecule has 0 saturated heterocycles. The summed E-state index contributed by atoms with van der Waals surface area (Å²) in [6.45, 7) is 5.98. The van der Waals surface area contributed by atoms with E-state index in [1.807, 2.05) is 20.8 Å². The fourth-order valence-electron chi connectivity index (χ4n) is 1.46. The van der Waals surface area contributed by atoms with E-state index in [-0.39, 0.29) is 18.0 Å². The molecule has 0 saturated carbocycles. The zero-order chi connectivity index (χ0) is 13.8. The summed E-state index contributed by atoms with van der Waals surface area (Å²) < 4.78 is 5.18. The summed E-state index contributed by atoms with van der Waals surface area (Å²) in [5.74, 6) is 0.576. The minimum atomic E-state index is -0.239. The Balaban J connectivity index is 2.63. The maximum Gasteiger partial charge on any atom is 0.239 e. The van der Waals surface area contributed by atoms with Crippen molar-refractivity contribution in [1.82, 2.24) is 5.32 Å². The van der Waals surface area contributed by atoms with Crippen LogP contribution < -0.4 is 15.4 Å². The van der Waals surface area contributed by atoms with Gasteiger partial charge in [-0.15, -0.1) is 0 Å². The number of halogens is 1. The average molecular weight is 271 g/mol. The van der Waals surface area contributed by atoms with Crippen molar-refractivity contribution < 1.29 is 9.53 Å². The number of carbonyl (C=O) groups is 1. The summed E-state index contributed by atoms with van der Waals surface area (Å²) in [4.78, 5) is 11.7. The molecule has 18 heavy (non-hydrogen) atoms. The molecule has 0 fully saturated rings. The highest BCUT2D eigenvalue weighted by molar-refractivity contribution is 6.30. The second kappa shape index (κ2) is 5.96. The lowest BCUT2D eigenvalue weighted by molar-refractivity contribution is -0.120. The Labute approximate surface area is 113 Å². The van der Waals surface area contributed by atoms with E-state index in [1.54, 1.807) is 25.3 Å². The maximum absolute atomic E-state index is 11.7. The summed E-state index contributed by atoms with van der Waals surface area (Å²) in [7, 11) is 1.57. The molecule has 0 radical (unpaired) electrons. The Morgan fingerprint density at radius 3 is 2.61 bits per heavy atom. The molecule has 2 N–H and O–H groups in total. The first-order chi connectivity index (χ1) is 8.31. The van der Waals surface area contributed by atoms with E-state index < -0.39 is 0 Å². The number of hydrogen-bond donors (Lipinski definition) is 2. The van der Waals surface area contributed by atoms with Gasteiger partial charge in [0.1, 0.15) is 5.75 Å². The maximum atomic E-state index is 11.7. The van der Waals surface area contributed by atoms with Crippen LogP contribution in [0.15, 0.2) is 18.2 Å². The first-order valence-electron chi connectivity index (χ1n) is 5.70. The topological polar surface area (TPSA) is 50.4 Å². The van der Waals surface area contributed by atoms with Gasteiger partial charge in [0.15, 0.2) is 0 Å². The van der Waals surface area contributed by atoms with E-state index >= 15 is 0 Å². The summed E-state index contributed by atoms with van der Waals surface area (Å²) in [5, 5.41) is 6.46. The predicted molar refractivity (Wildman–Crippen MR) is 74.4 cm³/mol. The Kier molecular flexibility index (Phi) is 4.84. The van der Waals surface area contributed by atoms with Crippen molar-refractivity contribution in [3.8, 4) is 5.75 Å². The zero-order valence-electron chi connectivity index (χ0n) is 11.1. The van der Waals surface area contributed by atoms with Crippen molar-refractivity contribution in [3.05, 3.63) is 23.2 Å². The van der Waals surface area contributed by atoms with E-state index in [9.17, 15) is 4.79 Å². The highest BCUT2D eigenvalue weighted by Gasteiger charge is 2.13. The molecule has 0 aromatic heterocycles. The van der Waals surface area contributed by atoms with E-state index in [0.29, 0.717) is 16.5 Å². The number of ether oxygens (including phenoxy) is 1. The third-order valence-electron chi connectivity index (χ3n) is 2.12. The number of nitrogens with one attached hydrogen (secondary N) is 2. The molecule has 0 atom stereocenters. The highest BCUT2D eigenvalue weighted by Crippen LogP contribution is 2.27. The molecule has 1 amide bonds. The van der Waals surface area contributed by atoms with Crippen molar-refractivity contribution in [1.29, 1.82) is 0 Å². The van der Waals surface area contributed by atoms with E-state index in [1.165, 1.54) is 0 Å². The zero-order valence-corrected chi connectivity index (χ0v) is 11.9. The van der Waals surface area contributed by atoms with Crippen LogP contribution in [0, 0.1) is 0 Å². The summed E-state index contributed by atoms with van der Waals surface area (Å²) >= 11 is 5.90. The predicted octanol–water partition coefficient (Wildman–Crippen LogP) is 2.68. The second-order valence-electron chi connectivity index (χ2n) is 5.00. The molecule has 1 aromatic carbocycles. The molecule has 1 rings (SSSR count). The van der Waals surface area contributed by atoms with Crippen molar-refractivity contribution in [3.63, 3.8) is 0 Å². The fraction of sp³-hybridized carbons (Fsp3) is 0.462. The van der Waals surface area contributed by atoms with E-state index in [4.69, 9.17) is 16.3 Å². The molecule has 1 aromatic rings. The number of amides is 1. The van der Waals surface area contributed by atoms with Crippen LogP contribution in [0.5, 0.6) is 5.75 Å². The second-order valence-corrected chi connectivity index (χ2v) is 5.43. The van der Waals surface area contributed by atoms with Gasteiger partial charge >= 0.3 is 0 Å². The number of carbonyl (C=O) groups excluding carboxylic acids is 1. The van der Waals surface area contributed by atoms with Gasteiger partial charge in [0.25, 0.3) is 0 Å². The Morgan fingerprint density at radius 1 is 1.39 bits per heavy atom. The van der Waals surface area contributed by atoms with Crippen LogP contribution in [0.25, 0.3) is 0 Å². The van der Waals surface area contributed by atoms with Gasteiger partial charge in [-0.05, 0) is 39.0 Å². The molecule has 0 aliphatic heterocycles. The third kappa shape index (κ3) is 4.84. The molecule has 0 heterocycles. The lowest BCUT2D eigenvalue weighted by Gasteiger charge is -2.21. The molecule has 0 aliphatic rings. The van der Waals surface area contributed by atoms with Gasteiger partial charge in [0.2, 0.25) is 5.91 Å². The Morgan fingerprint density at radius 2 is 2.06 bits per heavy atom. The smallest absolute Gasteiger partial charge is 0.239 e. The first-order valence-corrected chi connectivity index (χ1v) is 6.08. The van der Waals surface area contributed by atoms with Crippen LogP contribution in [-0.4, -0.2) is 25.1 Å². The molecule has 0 unspecified atom stereocenters. The lowest BCUT2D eigenvalue weighted by atomic mass is 10.1. The van der Waals surface area contributed by atoms with Gasteiger partial charge in [-0.25, -0.2) is 0 Å². The van der Waals surface area contributed by atoms with Crippen LogP contribution in [0.4, 0.5) is 5.69 Å². The number of anilines is 1. The number of methoxy groups -OCH3 is 1. The van der Waals surface area contributed by atoms with Crippen molar-refractivity contribution in [2.75, 3.05) is 19.0 Å². The monoisotopic (exact) mass is 270 g/mol. The average Bonchev–Trinajstić information content (AvgIpc) is 2.24.